The van der Waals surface area contributed by atoms with E-state index in [0.717, 1.165) is 5.92 Å². The van der Waals surface area contributed by atoms with Gasteiger partial charge in [-0.05, 0) is 49.5 Å². The van der Waals surface area contributed by atoms with Gasteiger partial charge in [0, 0.05) is 17.0 Å². The van der Waals surface area contributed by atoms with Crippen molar-refractivity contribution in [1.29, 1.82) is 0 Å². The minimum Gasteiger partial charge on any atom is -0.307 e. The van der Waals surface area contributed by atoms with Crippen molar-refractivity contribution >= 4 is 11.8 Å². The van der Waals surface area contributed by atoms with E-state index in [1.165, 1.54) is 54.7 Å². The molecule has 0 bridgehead atoms. The molecule has 0 radical (unpaired) electrons. The Morgan fingerprint density at radius 1 is 1.11 bits per heavy atom. The van der Waals surface area contributed by atoms with Crippen molar-refractivity contribution in [3.05, 3.63) is 29.8 Å². The van der Waals surface area contributed by atoms with Crippen LogP contribution in [0.3, 0.4) is 0 Å². The lowest BCUT2D eigenvalue weighted by Crippen LogP contribution is -2.38. The van der Waals surface area contributed by atoms with Crippen molar-refractivity contribution in [3.8, 4) is 0 Å². The zero-order chi connectivity index (χ0) is 13.1. The van der Waals surface area contributed by atoms with Gasteiger partial charge in [-0.2, -0.15) is 0 Å². The zero-order valence-electron chi connectivity index (χ0n) is 11.9. The molecule has 1 aliphatic carbocycles. The van der Waals surface area contributed by atoms with Crippen molar-refractivity contribution in [2.45, 2.75) is 62.4 Å². The number of benzene rings is 1. The monoisotopic (exact) mass is 275 g/mol. The predicted octanol–water partition coefficient (Wildman–Crippen LogP) is 4.78. The summed E-state index contributed by atoms with van der Waals surface area (Å²) in [5, 5.41) is 3.93. The topological polar surface area (TPSA) is 12.0 Å². The fourth-order valence-electron chi connectivity index (χ4n) is 3.60. The zero-order valence-corrected chi connectivity index (χ0v) is 12.7. The van der Waals surface area contributed by atoms with E-state index in [1.807, 2.05) is 11.8 Å². The number of thioether (sulfide) groups is 1. The van der Waals surface area contributed by atoms with Gasteiger partial charge in [-0.25, -0.2) is 0 Å². The quantitative estimate of drug-likeness (QED) is 0.852. The Balaban J connectivity index is 1.66. The lowest BCUT2D eigenvalue weighted by Gasteiger charge is -2.34. The lowest BCUT2D eigenvalue weighted by atomic mass is 9.84. The van der Waals surface area contributed by atoms with Gasteiger partial charge in [0.1, 0.15) is 0 Å². The van der Waals surface area contributed by atoms with Crippen LogP contribution in [0.25, 0.3) is 0 Å². The van der Waals surface area contributed by atoms with E-state index in [4.69, 9.17) is 0 Å². The summed E-state index contributed by atoms with van der Waals surface area (Å²) in [7, 11) is 0. The van der Waals surface area contributed by atoms with Gasteiger partial charge in [0.25, 0.3) is 0 Å². The SMILES string of the molecule is CC(NC1CCSc2ccccc21)C1CCCCC1. The van der Waals surface area contributed by atoms with Crippen LogP contribution >= 0.6 is 11.8 Å². The summed E-state index contributed by atoms with van der Waals surface area (Å²) < 4.78 is 0. The maximum absolute atomic E-state index is 3.93. The molecule has 2 aliphatic rings. The molecule has 1 saturated carbocycles. The molecule has 0 amide bonds. The van der Waals surface area contributed by atoms with Crippen molar-refractivity contribution in [3.63, 3.8) is 0 Å². The fourth-order valence-corrected chi connectivity index (χ4v) is 4.73. The highest BCUT2D eigenvalue weighted by Gasteiger charge is 2.25. The van der Waals surface area contributed by atoms with E-state index in [2.05, 4.69) is 36.5 Å². The van der Waals surface area contributed by atoms with Crippen LogP contribution in [0.4, 0.5) is 0 Å². The number of hydrogen-bond donors (Lipinski definition) is 1. The highest BCUT2D eigenvalue weighted by atomic mass is 32.2. The first-order valence-electron chi connectivity index (χ1n) is 7.82. The molecule has 3 rings (SSSR count). The summed E-state index contributed by atoms with van der Waals surface area (Å²) >= 11 is 2.02. The summed E-state index contributed by atoms with van der Waals surface area (Å²) in [5.41, 5.74) is 1.53. The fraction of sp³-hybridized carbons (Fsp3) is 0.647. The van der Waals surface area contributed by atoms with Crippen LogP contribution in [0.15, 0.2) is 29.2 Å². The molecule has 0 aromatic heterocycles. The largest absolute Gasteiger partial charge is 0.307 e. The molecular weight excluding hydrogens is 250 g/mol. The van der Waals surface area contributed by atoms with Gasteiger partial charge in [0.05, 0.1) is 0 Å². The van der Waals surface area contributed by atoms with Gasteiger partial charge in [0.2, 0.25) is 0 Å². The van der Waals surface area contributed by atoms with Crippen LogP contribution in [0.1, 0.15) is 57.1 Å². The first kappa shape index (κ1) is 13.5. The van der Waals surface area contributed by atoms with Gasteiger partial charge in [0.15, 0.2) is 0 Å². The van der Waals surface area contributed by atoms with Crippen LogP contribution in [0, 0.1) is 5.92 Å². The molecule has 1 heterocycles. The Kier molecular flexibility index (Phi) is 4.49. The summed E-state index contributed by atoms with van der Waals surface area (Å²) in [4.78, 5) is 1.49. The number of nitrogens with one attached hydrogen (secondary N) is 1. The Morgan fingerprint density at radius 2 is 1.89 bits per heavy atom. The van der Waals surface area contributed by atoms with Gasteiger partial charge in [-0.15, -0.1) is 11.8 Å². The lowest BCUT2D eigenvalue weighted by molar-refractivity contribution is 0.261. The van der Waals surface area contributed by atoms with E-state index in [0.29, 0.717) is 12.1 Å². The summed E-state index contributed by atoms with van der Waals surface area (Å²) in [6.45, 7) is 2.40. The average Bonchev–Trinajstić information content (AvgIpc) is 2.48. The maximum atomic E-state index is 3.93. The number of hydrogen-bond acceptors (Lipinski definition) is 2. The first-order valence-corrected chi connectivity index (χ1v) is 8.81. The molecule has 0 saturated heterocycles. The second-order valence-corrected chi connectivity index (χ2v) is 7.22. The standard InChI is InChI=1S/C17H25NS/c1-13(14-7-3-2-4-8-14)18-16-11-12-19-17-10-6-5-9-15(16)17/h5-6,9-10,13-14,16,18H,2-4,7-8,11-12H2,1H3. The Labute approximate surface area is 121 Å². The van der Waals surface area contributed by atoms with Crippen molar-refractivity contribution in [1.82, 2.24) is 5.32 Å². The highest BCUT2D eigenvalue weighted by molar-refractivity contribution is 7.99. The summed E-state index contributed by atoms with van der Waals surface area (Å²) in [5.74, 6) is 2.15. The van der Waals surface area contributed by atoms with Gasteiger partial charge in [-0.3, -0.25) is 0 Å². The molecule has 19 heavy (non-hydrogen) atoms. The second kappa shape index (κ2) is 6.32. The molecular formula is C17H25NS. The average molecular weight is 275 g/mol. The molecule has 1 fully saturated rings. The first-order chi connectivity index (χ1) is 9.34. The normalized spacial score (nSPS) is 25.8. The van der Waals surface area contributed by atoms with Crippen molar-refractivity contribution in [2.24, 2.45) is 5.92 Å². The van der Waals surface area contributed by atoms with E-state index in [1.54, 1.807) is 0 Å². The van der Waals surface area contributed by atoms with Gasteiger partial charge < -0.3 is 5.32 Å². The summed E-state index contributed by atoms with van der Waals surface area (Å²) in [6.07, 6.45) is 8.46. The van der Waals surface area contributed by atoms with Crippen LogP contribution in [0.5, 0.6) is 0 Å². The van der Waals surface area contributed by atoms with E-state index in [-0.39, 0.29) is 0 Å². The van der Waals surface area contributed by atoms with Crippen molar-refractivity contribution in [2.75, 3.05) is 5.75 Å². The third-order valence-corrected chi connectivity index (χ3v) is 5.90. The molecule has 0 spiro atoms. The molecule has 1 aliphatic heterocycles. The number of fused-ring (bicyclic) bond motifs is 1. The van der Waals surface area contributed by atoms with E-state index in [9.17, 15) is 0 Å². The smallest absolute Gasteiger partial charge is 0.0341 e. The molecule has 1 aromatic carbocycles. The van der Waals surface area contributed by atoms with E-state index < -0.39 is 0 Å². The van der Waals surface area contributed by atoms with Gasteiger partial charge >= 0.3 is 0 Å². The molecule has 104 valence electrons. The second-order valence-electron chi connectivity index (χ2n) is 6.08. The Bertz CT molecular complexity index is 411. The highest BCUT2D eigenvalue weighted by Crippen LogP contribution is 2.37. The molecule has 2 unspecified atom stereocenters. The molecule has 2 atom stereocenters. The number of rotatable bonds is 3. The minimum absolute atomic E-state index is 0.578. The van der Waals surface area contributed by atoms with Crippen LogP contribution in [-0.4, -0.2) is 11.8 Å². The Morgan fingerprint density at radius 3 is 2.74 bits per heavy atom. The third kappa shape index (κ3) is 3.17. The van der Waals surface area contributed by atoms with E-state index >= 15 is 0 Å². The molecule has 1 nitrogen and oxygen atoms in total. The van der Waals surface area contributed by atoms with Crippen LogP contribution in [0.2, 0.25) is 0 Å². The third-order valence-electron chi connectivity index (χ3n) is 4.78. The Hall–Kier alpha value is -0.470. The molecule has 2 heteroatoms. The van der Waals surface area contributed by atoms with Crippen LogP contribution in [-0.2, 0) is 0 Å². The predicted molar refractivity (Wildman–Crippen MR) is 83.7 cm³/mol. The van der Waals surface area contributed by atoms with Crippen LogP contribution < -0.4 is 5.32 Å². The molecule has 1 aromatic rings. The van der Waals surface area contributed by atoms with Gasteiger partial charge in [-0.1, -0.05) is 37.5 Å². The molecule has 1 N–H and O–H groups in total. The maximum Gasteiger partial charge on any atom is 0.0341 e. The van der Waals surface area contributed by atoms with Crippen molar-refractivity contribution < 1.29 is 0 Å². The minimum atomic E-state index is 0.578. The summed E-state index contributed by atoms with van der Waals surface area (Å²) in [6, 6.07) is 10.2.